The van der Waals surface area contributed by atoms with Crippen LogP contribution in [0, 0.1) is 5.92 Å². The largest absolute Gasteiger partial charge is 0.491 e. The maximum Gasteiger partial charge on any atom is 0.307 e. The minimum Gasteiger partial charge on any atom is -0.491 e. The quantitative estimate of drug-likeness (QED) is 0.687. The first-order valence-corrected chi connectivity index (χ1v) is 9.57. The van der Waals surface area contributed by atoms with E-state index in [4.69, 9.17) is 9.47 Å². The highest BCUT2D eigenvalue weighted by Crippen LogP contribution is 2.29. The van der Waals surface area contributed by atoms with Gasteiger partial charge in [-0.05, 0) is 56.9 Å². The normalized spacial score (nSPS) is 19.9. The molecule has 1 aliphatic rings. The van der Waals surface area contributed by atoms with E-state index in [1.807, 2.05) is 30.9 Å². The molecule has 0 saturated heterocycles. The van der Waals surface area contributed by atoms with Crippen LogP contribution in [0.1, 0.15) is 63.2 Å². The van der Waals surface area contributed by atoms with E-state index in [0.717, 1.165) is 25.0 Å². The fourth-order valence-electron chi connectivity index (χ4n) is 3.61. The lowest BCUT2D eigenvalue weighted by Crippen LogP contribution is -2.46. The van der Waals surface area contributed by atoms with Gasteiger partial charge >= 0.3 is 5.97 Å². The molecule has 0 bridgehead atoms. The number of ether oxygens (including phenoxy) is 2. The van der Waals surface area contributed by atoms with E-state index in [-0.39, 0.29) is 30.4 Å². The molecule has 1 aromatic rings. The van der Waals surface area contributed by atoms with Crippen LogP contribution in [0.3, 0.4) is 0 Å². The van der Waals surface area contributed by atoms with Crippen LogP contribution in [0.2, 0.25) is 0 Å². The molecule has 1 amide bonds. The van der Waals surface area contributed by atoms with E-state index in [1.165, 1.54) is 13.5 Å². The molecule has 0 aliphatic heterocycles. The van der Waals surface area contributed by atoms with Gasteiger partial charge in [0.1, 0.15) is 5.75 Å². The molecular weight excluding hydrogens is 330 g/mol. The van der Waals surface area contributed by atoms with E-state index in [1.54, 1.807) is 12.1 Å². The fraction of sp³-hybridized carbons (Fsp3) is 0.619. The molecule has 5 nitrogen and oxygen atoms in total. The zero-order valence-corrected chi connectivity index (χ0v) is 16.4. The number of esters is 1. The Balaban J connectivity index is 2.16. The maximum absolute atomic E-state index is 13.2. The molecule has 2 atom stereocenters. The van der Waals surface area contributed by atoms with Gasteiger partial charge in [-0.2, -0.15) is 0 Å². The highest BCUT2D eigenvalue weighted by Gasteiger charge is 2.31. The standard InChI is InChI=1S/C21H31NO4/c1-15(2)26-18-11-9-17(10-12-18)21(24)22(14-13-20(23)25-4)19-8-6-5-7-16(19)3/h9-12,15-16,19H,5-8,13-14H2,1-4H3. The molecule has 144 valence electrons. The predicted octanol–water partition coefficient (Wildman–Crippen LogP) is 4.06. The summed E-state index contributed by atoms with van der Waals surface area (Å²) in [6, 6.07) is 7.44. The van der Waals surface area contributed by atoms with Crippen molar-refractivity contribution in [2.24, 2.45) is 5.92 Å². The Morgan fingerprint density at radius 2 is 1.81 bits per heavy atom. The molecule has 26 heavy (non-hydrogen) atoms. The van der Waals surface area contributed by atoms with Gasteiger partial charge in [-0.15, -0.1) is 0 Å². The van der Waals surface area contributed by atoms with Crippen molar-refractivity contribution in [1.82, 2.24) is 4.90 Å². The topological polar surface area (TPSA) is 55.8 Å². The molecule has 2 rings (SSSR count). The van der Waals surface area contributed by atoms with E-state index in [9.17, 15) is 9.59 Å². The molecule has 2 unspecified atom stereocenters. The summed E-state index contributed by atoms with van der Waals surface area (Å²) < 4.78 is 10.4. The second kappa shape index (κ2) is 9.60. The van der Waals surface area contributed by atoms with Crippen molar-refractivity contribution in [1.29, 1.82) is 0 Å². The van der Waals surface area contributed by atoms with Crippen LogP contribution in [0.4, 0.5) is 0 Å². The van der Waals surface area contributed by atoms with Crippen molar-refractivity contribution >= 4 is 11.9 Å². The van der Waals surface area contributed by atoms with Crippen molar-refractivity contribution in [3.8, 4) is 5.75 Å². The molecule has 1 saturated carbocycles. The first-order valence-electron chi connectivity index (χ1n) is 9.57. The summed E-state index contributed by atoms with van der Waals surface area (Å²) in [4.78, 5) is 26.6. The number of carbonyl (C=O) groups excluding carboxylic acids is 2. The monoisotopic (exact) mass is 361 g/mol. The summed E-state index contributed by atoms with van der Waals surface area (Å²) in [6.07, 6.45) is 4.75. The Bertz CT molecular complexity index is 597. The van der Waals surface area contributed by atoms with Crippen molar-refractivity contribution in [3.63, 3.8) is 0 Å². The number of nitrogens with zero attached hydrogens (tertiary/aromatic N) is 1. The van der Waals surface area contributed by atoms with Crippen LogP contribution < -0.4 is 4.74 Å². The molecule has 1 fully saturated rings. The van der Waals surface area contributed by atoms with Gasteiger partial charge < -0.3 is 14.4 Å². The molecule has 0 spiro atoms. The van der Waals surface area contributed by atoms with Gasteiger partial charge in [-0.25, -0.2) is 0 Å². The number of benzene rings is 1. The molecule has 1 aliphatic carbocycles. The lowest BCUT2D eigenvalue weighted by atomic mass is 9.84. The van der Waals surface area contributed by atoms with Crippen LogP contribution in [-0.2, 0) is 9.53 Å². The van der Waals surface area contributed by atoms with Crippen molar-refractivity contribution in [2.75, 3.05) is 13.7 Å². The Kier molecular flexibility index (Phi) is 7.49. The van der Waals surface area contributed by atoms with E-state index in [2.05, 4.69) is 6.92 Å². The maximum atomic E-state index is 13.2. The molecule has 1 aromatic carbocycles. The van der Waals surface area contributed by atoms with Crippen molar-refractivity contribution in [3.05, 3.63) is 29.8 Å². The van der Waals surface area contributed by atoms with Crippen LogP contribution in [0.25, 0.3) is 0 Å². The lowest BCUT2D eigenvalue weighted by molar-refractivity contribution is -0.141. The number of amides is 1. The first-order chi connectivity index (χ1) is 12.4. The predicted molar refractivity (Wildman–Crippen MR) is 101 cm³/mol. The lowest BCUT2D eigenvalue weighted by Gasteiger charge is -2.38. The van der Waals surface area contributed by atoms with Gasteiger partial charge in [0, 0.05) is 18.2 Å². The number of hydrogen-bond acceptors (Lipinski definition) is 4. The SMILES string of the molecule is COC(=O)CCN(C(=O)c1ccc(OC(C)C)cc1)C1CCCCC1C. The molecule has 0 radical (unpaired) electrons. The summed E-state index contributed by atoms with van der Waals surface area (Å²) in [7, 11) is 1.38. The second-order valence-corrected chi connectivity index (χ2v) is 7.34. The zero-order valence-electron chi connectivity index (χ0n) is 16.4. The highest BCUT2D eigenvalue weighted by atomic mass is 16.5. The number of rotatable bonds is 7. The third-order valence-corrected chi connectivity index (χ3v) is 4.98. The molecule has 5 heteroatoms. The van der Waals surface area contributed by atoms with Crippen LogP contribution in [0.15, 0.2) is 24.3 Å². The smallest absolute Gasteiger partial charge is 0.307 e. The minimum atomic E-state index is -0.285. The van der Waals surface area contributed by atoms with Gasteiger partial charge in [0.15, 0.2) is 0 Å². The summed E-state index contributed by atoms with van der Waals surface area (Å²) in [5.74, 6) is 0.883. The Labute approximate surface area is 156 Å². The summed E-state index contributed by atoms with van der Waals surface area (Å²) >= 11 is 0. The second-order valence-electron chi connectivity index (χ2n) is 7.34. The van der Waals surface area contributed by atoms with Gasteiger partial charge in [-0.1, -0.05) is 19.8 Å². The average Bonchev–Trinajstić information content (AvgIpc) is 2.63. The highest BCUT2D eigenvalue weighted by molar-refractivity contribution is 5.94. The third kappa shape index (κ3) is 5.48. The molecule has 0 heterocycles. The Morgan fingerprint density at radius 3 is 2.38 bits per heavy atom. The number of carbonyl (C=O) groups is 2. The van der Waals surface area contributed by atoms with E-state index < -0.39 is 0 Å². The Morgan fingerprint density at radius 1 is 1.15 bits per heavy atom. The third-order valence-electron chi connectivity index (χ3n) is 4.98. The van der Waals surface area contributed by atoms with Gasteiger partial charge in [0.25, 0.3) is 5.91 Å². The molecular formula is C21H31NO4. The van der Waals surface area contributed by atoms with Gasteiger partial charge in [0.2, 0.25) is 0 Å². The van der Waals surface area contributed by atoms with E-state index >= 15 is 0 Å². The van der Waals surface area contributed by atoms with Gasteiger partial charge in [-0.3, -0.25) is 9.59 Å². The minimum absolute atomic E-state index is 0.0243. The van der Waals surface area contributed by atoms with Gasteiger partial charge in [0.05, 0.1) is 19.6 Å². The van der Waals surface area contributed by atoms with Crippen molar-refractivity contribution < 1.29 is 19.1 Å². The first kappa shape index (κ1) is 20.3. The number of hydrogen-bond donors (Lipinski definition) is 0. The summed E-state index contributed by atoms with van der Waals surface area (Å²) in [5, 5.41) is 0. The average molecular weight is 361 g/mol. The number of methoxy groups -OCH3 is 1. The van der Waals surface area contributed by atoms with Crippen molar-refractivity contribution in [2.45, 2.75) is 65.0 Å². The zero-order chi connectivity index (χ0) is 19.1. The molecule has 0 N–H and O–H groups in total. The van der Waals surface area contributed by atoms with Crippen LogP contribution in [-0.4, -0.2) is 42.6 Å². The van der Waals surface area contributed by atoms with Crippen LogP contribution in [0.5, 0.6) is 5.75 Å². The Hall–Kier alpha value is -2.04. The molecule has 0 aromatic heterocycles. The van der Waals surface area contributed by atoms with E-state index in [0.29, 0.717) is 18.0 Å². The fourth-order valence-corrected chi connectivity index (χ4v) is 3.61. The van der Waals surface area contributed by atoms with Crippen LogP contribution >= 0.6 is 0 Å². The summed E-state index contributed by atoms with van der Waals surface area (Å²) in [5.41, 5.74) is 0.628. The summed E-state index contributed by atoms with van der Waals surface area (Å²) in [6.45, 7) is 6.53.